The number of hydrogen-bond acceptors (Lipinski definition) is 3. The summed E-state index contributed by atoms with van der Waals surface area (Å²) < 4.78 is 0. The number of nitrogens with zero attached hydrogens (tertiary/aromatic N) is 1. The highest BCUT2D eigenvalue weighted by Gasteiger charge is 2.46. The van der Waals surface area contributed by atoms with Crippen LogP contribution >= 0.6 is 0 Å². The first-order chi connectivity index (χ1) is 10.5. The van der Waals surface area contributed by atoms with Gasteiger partial charge >= 0.3 is 0 Å². The Morgan fingerprint density at radius 1 is 1.36 bits per heavy atom. The van der Waals surface area contributed by atoms with Crippen LogP contribution < -0.4 is 5.48 Å². The van der Waals surface area contributed by atoms with Crippen molar-refractivity contribution < 1.29 is 14.8 Å². The van der Waals surface area contributed by atoms with Crippen LogP contribution in [-0.4, -0.2) is 34.5 Å². The van der Waals surface area contributed by atoms with Crippen LogP contribution in [0.15, 0.2) is 0 Å². The minimum Gasteiger partial charge on any atom is -0.339 e. The van der Waals surface area contributed by atoms with Crippen LogP contribution in [0.1, 0.15) is 71.6 Å². The molecule has 1 saturated carbocycles. The quantitative estimate of drug-likeness (QED) is 0.585. The molecular formula is C17H30N2O3. The van der Waals surface area contributed by atoms with Gasteiger partial charge in [-0.1, -0.05) is 32.6 Å². The number of unbranched alkanes of at least 4 members (excludes halogenated alkanes) is 1. The van der Waals surface area contributed by atoms with Crippen LogP contribution in [0.3, 0.4) is 0 Å². The predicted octanol–water partition coefficient (Wildman–Crippen LogP) is 2.87. The van der Waals surface area contributed by atoms with Crippen molar-refractivity contribution in [1.29, 1.82) is 0 Å². The van der Waals surface area contributed by atoms with Crippen molar-refractivity contribution in [2.45, 2.75) is 77.7 Å². The van der Waals surface area contributed by atoms with Crippen LogP contribution in [0.4, 0.5) is 0 Å². The maximum atomic E-state index is 12.9. The number of rotatable bonds is 6. The Morgan fingerprint density at radius 2 is 2.05 bits per heavy atom. The van der Waals surface area contributed by atoms with Gasteiger partial charge in [-0.2, -0.15) is 0 Å². The molecule has 2 N–H and O–H groups in total. The number of carbonyl (C=O) groups excluding carboxylic acids is 2. The Balaban J connectivity index is 2.03. The molecule has 0 bridgehead atoms. The minimum absolute atomic E-state index is 0.0888. The molecule has 2 fully saturated rings. The second kappa shape index (κ2) is 7.44. The van der Waals surface area contributed by atoms with E-state index in [0.717, 1.165) is 32.2 Å². The first-order valence-electron chi connectivity index (χ1n) is 8.75. The van der Waals surface area contributed by atoms with E-state index in [1.807, 2.05) is 4.90 Å². The number of amides is 2. The molecular weight excluding hydrogens is 280 g/mol. The van der Waals surface area contributed by atoms with Crippen LogP contribution in [0.5, 0.6) is 0 Å². The third kappa shape index (κ3) is 3.80. The maximum Gasteiger partial charge on any atom is 0.244 e. The largest absolute Gasteiger partial charge is 0.339 e. The summed E-state index contributed by atoms with van der Waals surface area (Å²) >= 11 is 0. The molecule has 2 amide bonds. The highest BCUT2D eigenvalue weighted by molar-refractivity contribution is 5.85. The van der Waals surface area contributed by atoms with E-state index in [4.69, 9.17) is 5.21 Å². The van der Waals surface area contributed by atoms with Crippen LogP contribution in [0.25, 0.3) is 0 Å². The first kappa shape index (κ1) is 17.3. The number of likely N-dealkylation sites (tertiary alicyclic amines) is 1. The number of carbonyl (C=O) groups is 2. The average molecular weight is 310 g/mol. The molecule has 1 saturated heterocycles. The second-order valence-electron chi connectivity index (χ2n) is 7.30. The summed E-state index contributed by atoms with van der Waals surface area (Å²) in [6, 6.07) is 0.270. The monoisotopic (exact) mass is 310 g/mol. The highest BCUT2D eigenvalue weighted by Crippen LogP contribution is 2.48. The van der Waals surface area contributed by atoms with E-state index >= 15 is 0 Å². The lowest BCUT2D eigenvalue weighted by molar-refractivity contribution is -0.141. The smallest absolute Gasteiger partial charge is 0.244 e. The van der Waals surface area contributed by atoms with Gasteiger partial charge in [0, 0.05) is 24.9 Å². The van der Waals surface area contributed by atoms with Crippen LogP contribution in [0.2, 0.25) is 0 Å². The lowest BCUT2D eigenvalue weighted by Gasteiger charge is -2.28. The third-order valence-corrected chi connectivity index (χ3v) is 5.53. The molecule has 5 heteroatoms. The summed E-state index contributed by atoms with van der Waals surface area (Å²) in [4.78, 5) is 26.4. The standard InChI is InChI=1S/C17H30N2O3/c1-3-4-7-14(10-15(20)18-22)16(21)19-12-17(11-13(19)2)8-5-6-9-17/h13-14,22H,3-12H2,1-2H3,(H,18,20). The van der Waals surface area contributed by atoms with Crippen molar-refractivity contribution in [2.75, 3.05) is 6.54 Å². The fraction of sp³-hybridized carbons (Fsp3) is 0.882. The van der Waals surface area contributed by atoms with Gasteiger partial charge in [0.15, 0.2) is 0 Å². The van der Waals surface area contributed by atoms with Crippen LogP contribution in [-0.2, 0) is 9.59 Å². The summed E-state index contributed by atoms with van der Waals surface area (Å²) in [7, 11) is 0. The van der Waals surface area contributed by atoms with Crippen molar-refractivity contribution in [1.82, 2.24) is 10.4 Å². The molecule has 22 heavy (non-hydrogen) atoms. The zero-order chi connectivity index (χ0) is 16.2. The Hall–Kier alpha value is -1.10. The zero-order valence-corrected chi connectivity index (χ0v) is 13.9. The molecule has 126 valence electrons. The zero-order valence-electron chi connectivity index (χ0n) is 13.9. The van der Waals surface area contributed by atoms with Gasteiger partial charge in [-0.15, -0.1) is 0 Å². The topological polar surface area (TPSA) is 69.6 Å². The van der Waals surface area contributed by atoms with E-state index in [2.05, 4.69) is 13.8 Å². The van der Waals surface area contributed by atoms with E-state index in [1.54, 1.807) is 5.48 Å². The Morgan fingerprint density at radius 3 is 2.64 bits per heavy atom. The fourth-order valence-electron chi connectivity index (χ4n) is 4.37. The van der Waals surface area contributed by atoms with E-state index < -0.39 is 5.91 Å². The summed E-state index contributed by atoms with van der Waals surface area (Å²) in [6.07, 6.45) is 8.88. The van der Waals surface area contributed by atoms with Gasteiger partial charge in [0.25, 0.3) is 0 Å². The molecule has 1 aliphatic heterocycles. The van der Waals surface area contributed by atoms with Gasteiger partial charge in [-0.25, -0.2) is 5.48 Å². The molecule has 1 heterocycles. The molecule has 2 atom stereocenters. The molecule has 0 aromatic heterocycles. The third-order valence-electron chi connectivity index (χ3n) is 5.53. The molecule has 2 rings (SSSR count). The Kier molecular flexibility index (Phi) is 5.84. The molecule has 1 aliphatic carbocycles. The molecule has 1 spiro atoms. The van der Waals surface area contributed by atoms with Gasteiger partial charge in [0.2, 0.25) is 11.8 Å². The Labute approximate surface area is 133 Å². The SMILES string of the molecule is CCCCC(CC(=O)NO)C(=O)N1CC2(CCCC2)CC1C. The average Bonchev–Trinajstić information content (AvgIpc) is 3.09. The van der Waals surface area contributed by atoms with Gasteiger partial charge in [-0.3, -0.25) is 14.8 Å². The normalized spacial score (nSPS) is 24.7. The van der Waals surface area contributed by atoms with Crippen molar-refractivity contribution in [3.63, 3.8) is 0 Å². The van der Waals surface area contributed by atoms with Gasteiger partial charge < -0.3 is 4.90 Å². The summed E-state index contributed by atoms with van der Waals surface area (Å²) in [5, 5.41) is 8.75. The molecule has 0 aromatic carbocycles. The van der Waals surface area contributed by atoms with Crippen molar-refractivity contribution >= 4 is 11.8 Å². The summed E-state index contributed by atoms with van der Waals surface area (Å²) in [5.74, 6) is -0.656. The number of hydroxylamine groups is 1. The number of nitrogens with one attached hydrogen (secondary N) is 1. The maximum absolute atomic E-state index is 12.9. The molecule has 5 nitrogen and oxygen atoms in total. The van der Waals surface area contributed by atoms with Gasteiger partial charge in [0.05, 0.1) is 0 Å². The van der Waals surface area contributed by atoms with Gasteiger partial charge in [0.1, 0.15) is 0 Å². The highest BCUT2D eigenvalue weighted by atomic mass is 16.5. The summed E-state index contributed by atoms with van der Waals surface area (Å²) in [6.45, 7) is 5.07. The first-order valence-corrected chi connectivity index (χ1v) is 8.75. The fourth-order valence-corrected chi connectivity index (χ4v) is 4.37. The van der Waals surface area contributed by atoms with Crippen molar-refractivity contribution in [2.24, 2.45) is 11.3 Å². The van der Waals surface area contributed by atoms with Crippen molar-refractivity contribution in [3.05, 3.63) is 0 Å². The summed E-state index contributed by atoms with van der Waals surface area (Å²) in [5.41, 5.74) is 2.00. The second-order valence-corrected chi connectivity index (χ2v) is 7.30. The lowest BCUT2D eigenvalue weighted by atomic mass is 9.84. The van der Waals surface area contributed by atoms with E-state index in [1.165, 1.54) is 25.7 Å². The molecule has 2 aliphatic rings. The lowest BCUT2D eigenvalue weighted by Crippen LogP contribution is -2.41. The van der Waals surface area contributed by atoms with Crippen molar-refractivity contribution in [3.8, 4) is 0 Å². The molecule has 0 aromatic rings. The van der Waals surface area contributed by atoms with E-state index in [-0.39, 0.29) is 24.3 Å². The van der Waals surface area contributed by atoms with Gasteiger partial charge in [-0.05, 0) is 38.0 Å². The van der Waals surface area contributed by atoms with E-state index in [9.17, 15) is 9.59 Å². The molecule has 2 unspecified atom stereocenters. The predicted molar refractivity (Wildman–Crippen MR) is 84.3 cm³/mol. The van der Waals surface area contributed by atoms with E-state index in [0.29, 0.717) is 5.41 Å². The molecule has 0 radical (unpaired) electrons. The minimum atomic E-state index is -0.461. The van der Waals surface area contributed by atoms with Crippen LogP contribution in [0, 0.1) is 11.3 Å². The Bertz CT molecular complexity index is 405. The number of hydrogen-bond donors (Lipinski definition) is 2.